The first kappa shape index (κ1) is 15.1. The smallest absolute Gasteiger partial charge is 0.0703 e. The lowest BCUT2D eigenvalue weighted by Gasteiger charge is -2.19. The van der Waals surface area contributed by atoms with Crippen LogP contribution in [0.3, 0.4) is 0 Å². The van der Waals surface area contributed by atoms with Crippen molar-refractivity contribution in [1.82, 2.24) is 15.1 Å². The summed E-state index contributed by atoms with van der Waals surface area (Å²) in [5.41, 5.74) is 1.28. The number of hydrogen-bond acceptors (Lipinski definition) is 3. The van der Waals surface area contributed by atoms with E-state index in [1.165, 1.54) is 5.69 Å². The van der Waals surface area contributed by atoms with E-state index in [2.05, 4.69) is 51.8 Å². The molecule has 1 rings (SSSR count). The summed E-state index contributed by atoms with van der Waals surface area (Å²) < 4.78 is 3.19. The monoisotopic (exact) mass is 319 g/mol. The standard InChI is InChI=1S/C12H22BrN3S/c1-4-7-14-11(9-17-6-3)12-10(13)8-15-16(12)5-2/h8,11,14H,4-7,9H2,1-3H3. The Morgan fingerprint density at radius 1 is 1.47 bits per heavy atom. The molecule has 1 aromatic rings. The zero-order chi connectivity index (χ0) is 12.7. The third-order valence-electron chi connectivity index (χ3n) is 2.59. The van der Waals surface area contributed by atoms with Gasteiger partial charge in [-0.25, -0.2) is 0 Å². The first-order chi connectivity index (χ1) is 8.24. The van der Waals surface area contributed by atoms with Crippen LogP contribution in [0.15, 0.2) is 10.7 Å². The van der Waals surface area contributed by atoms with Crippen LogP contribution in [0.2, 0.25) is 0 Å². The molecule has 3 nitrogen and oxygen atoms in total. The molecule has 5 heteroatoms. The van der Waals surface area contributed by atoms with E-state index in [1.54, 1.807) is 0 Å². The summed E-state index contributed by atoms with van der Waals surface area (Å²) >= 11 is 5.58. The van der Waals surface area contributed by atoms with Crippen molar-refractivity contribution in [3.63, 3.8) is 0 Å². The molecule has 1 aromatic heterocycles. The lowest BCUT2D eigenvalue weighted by Crippen LogP contribution is -2.27. The average Bonchev–Trinajstić information content (AvgIpc) is 2.71. The third kappa shape index (κ3) is 4.30. The Morgan fingerprint density at radius 3 is 2.82 bits per heavy atom. The molecule has 0 aliphatic rings. The molecule has 0 radical (unpaired) electrons. The molecule has 0 spiro atoms. The number of nitrogens with zero attached hydrogens (tertiary/aromatic N) is 2. The predicted molar refractivity (Wildman–Crippen MR) is 79.6 cm³/mol. The SMILES string of the molecule is CCCNC(CSCC)c1c(Br)cnn1CC. The largest absolute Gasteiger partial charge is 0.308 e. The van der Waals surface area contributed by atoms with Crippen molar-refractivity contribution < 1.29 is 0 Å². The van der Waals surface area contributed by atoms with Gasteiger partial charge in [-0.3, -0.25) is 4.68 Å². The molecule has 0 aliphatic carbocycles. The molecule has 0 aliphatic heterocycles. The highest BCUT2D eigenvalue weighted by Crippen LogP contribution is 2.26. The van der Waals surface area contributed by atoms with Gasteiger partial charge in [0.25, 0.3) is 0 Å². The lowest BCUT2D eigenvalue weighted by atomic mass is 10.2. The van der Waals surface area contributed by atoms with Gasteiger partial charge in [0.2, 0.25) is 0 Å². The van der Waals surface area contributed by atoms with Gasteiger partial charge in [0.05, 0.1) is 22.4 Å². The van der Waals surface area contributed by atoms with Crippen molar-refractivity contribution in [2.24, 2.45) is 0 Å². The fourth-order valence-electron chi connectivity index (χ4n) is 1.76. The van der Waals surface area contributed by atoms with Crippen LogP contribution >= 0.6 is 27.7 Å². The van der Waals surface area contributed by atoms with Gasteiger partial charge in [-0.1, -0.05) is 13.8 Å². The number of hydrogen-bond donors (Lipinski definition) is 1. The summed E-state index contributed by atoms with van der Waals surface area (Å²) in [5, 5.41) is 8.00. The molecule has 0 aromatic carbocycles. The van der Waals surface area contributed by atoms with Gasteiger partial charge in [-0.05, 0) is 41.6 Å². The van der Waals surface area contributed by atoms with E-state index < -0.39 is 0 Å². The van der Waals surface area contributed by atoms with E-state index >= 15 is 0 Å². The van der Waals surface area contributed by atoms with E-state index in [0.29, 0.717) is 6.04 Å². The van der Waals surface area contributed by atoms with Crippen molar-refractivity contribution in [2.75, 3.05) is 18.1 Å². The Bertz CT molecular complexity index is 320. The van der Waals surface area contributed by atoms with Crippen LogP contribution in [-0.2, 0) is 6.54 Å². The maximum atomic E-state index is 4.39. The second-order valence-electron chi connectivity index (χ2n) is 3.86. The molecule has 0 saturated carbocycles. The maximum Gasteiger partial charge on any atom is 0.0703 e. The van der Waals surface area contributed by atoms with Gasteiger partial charge < -0.3 is 5.32 Å². The minimum absolute atomic E-state index is 0.386. The van der Waals surface area contributed by atoms with Crippen molar-refractivity contribution in [3.05, 3.63) is 16.4 Å². The quantitative estimate of drug-likeness (QED) is 0.795. The number of aromatic nitrogens is 2. The van der Waals surface area contributed by atoms with Crippen LogP contribution in [-0.4, -0.2) is 27.8 Å². The Kier molecular flexibility index (Phi) is 7.23. The fourth-order valence-corrected chi connectivity index (χ4v) is 3.08. The highest BCUT2D eigenvalue weighted by molar-refractivity contribution is 9.10. The van der Waals surface area contributed by atoms with Crippen LogP contribution in [0.5, 0.6) is 0 Å². The molecule has 17 heavy (non-hydrogen) atoms. The minimum Gasteiger partial charge on any atom is -0.308 e. The molecule has 98 valence electrons. The molecule has 0 bridgehead atoms. The zero-order valence-corrected chi connectivity index (χ0v) is 13.3. The van der Waals surface area contributed by atoms with E-state index in [9.17, 15) is 0 Å². The number of nitrogens with one attached hydrogen (secondary N) is 1. The highest BCUT2D eigenvalue weighted by atomic mass is 79.9. The van der Waals surface area contributed by atoms with Crippen molar-refractivity contribution in [1.29, 1.82) is 0 Å². The highest BCUT2D eigenvalue weighted by Gasteiger charge is 2.18. The topological polar surface area (TPSA) is 29.9 Å². The van der Waals surface area contributed by atoms with Gasteiger partial charge >= 0.3 is 0 Å². The Balaban J connectivity index is 2.81. The first-order valence-corrected chi connectivity index (χ1v) is 8.21. The predicted octanol–water partition coefficient (Wildman–Crippen LogP) is 3.46. The van der Waals surface area contributed by atoms with Crippen LogP contribution in [0.4, 0.5) is 0 Å². The molecule has 1 N–H and O–H groups in total. The maximum absolute atomic E-state index is 4.39. The van der Waals surface area contributed by atoms with Gasteiger partial charge in [0.15, 0.2) is 0 Å². The summed E-state index contributed by atoms with van der Waals surface area (Å²) in [6.07, 6.45) is 3.06. The molecule has 0 fully saturated rings. The van der Waals surface area contributed by atoms with Gasteiger partial charge in [-0.15, -0.1) is 0 Å². The molecule has 0 saturated heterocycles. The average molecular weight is 320 g/mol. The van der Waals surface area contributed by atoms with Gasteiger partial charge in [-0.2, -0.15) is 16.9 Å². The summed E-state index contributed by atoms with van der Waals surface area (Å²) in [7, 11) is 0. The van der Waals surface area contributed by atoms with E-state index in [1.807, 2.05) is 18.0 Å². The molecule has 0 amide bonds. The van der Waals surface area contributed by atoms with Gasteiger partial charge in [0.1, 0.15) is 0 Å². The fraction of sp³-hybridized carbons (Fsp3) is 0.750. The minimum atomic E-state index is 0.386. The second-order valence-corrected chi connectivity index (χ2v) is 6.03. The number of aryl methyl sites for hydroxylation is 1. The number of halogens is 1. The third-order valence-corrected chi connectivity index (χ3v) is 4.18. The second kappa shape index (κ2) is 8.16. The Labute approximate surface area is 117 Å². The van der Waals surface area contributed by atoms with Crippen LogP contribution < -0.4 is 5.32 Å². The van der Waals surface area contributed by atoms with E-state index in [4.69, 9.17) is 0 Å². The first-order valence-electron chi connectivity index (χ1n) is 6.26. The summed E-state index contributed by atoms with van der Waals surface area (Å²) in [5.74, 6) is 2.25. The van der Waals surface area contributed by atoms with Gasteiger partial charge in [0, 0.05) is 12.3 Å². The van der Waals surface area contributed by atoms with Crippen LogP contribution in [0.1, 0.15) is 38.9 Å². The Morgan fingerprint density at radius 2 is 2.24 bits per heavy atom. The molecule has 1 unspecified atom stereocenters. The molecule has 1 atom stereocenters. The van der Waals surface area contributed by atoms with E-state index in [-0.39, 0.29) is 0 Å². The summed E-state index contributed by atoms with van der Waals surface area (Å²) in [6, 6.07) is 0.386. The van der Waals surface area contributed by atoms with Crippen LogP contribution in [0.25, 0.3) is 0 Å². The lowest BCUT2D eigenvalue weighted by molar-refractivity contribution is 0.512. The summed E-state index contributed by atoms with van der Waals surface area (Å²) in [6.45, 7) is 8.50. The zero-order valence-electron chi connectivity index (χ0n) is 10.9. The summed E-state index contributed by atoms with van der Waals surface area (Å²) in [4.78, 5) is 0. The van der Waals surface area contributed by atoms with Crippen molar-refractivity contribution >= 4 is 27.7 Å². The molecular formula is C12H22BrN3S. The number of rotatable bonds is 8. The molecular weight excluding hydrogens is 298 g/mol. The molecule has 1 heterocycles. The number of thioether (sulfide) groups is 1. The Hall–Kier alpha value is 0. The normalized spacial score (nSPS) is 12.9. The van der Waals surface area contributed by atoms with Crippen LogP contribution in [0, 0.1) is 0 Å². The van der Waals surface area contributed by atoms with Crippen molar-refractivity contribution in [2.45, 2.75) is 39.8 Å². The van der Waals surface area contributed by atoms with E-state index in [0.717, 1.165) is 35.5 Å². The van der Waals surface area contributed by atoms with Crippen molar-refractivity contribution in [3.8, 4) is 0 Å².